The van der Waals surface area contributed by atoms with Crippen molar-refractivity contribution in [1.29, 1.82) is 0 Å². The standard InChI is InChI=1S/C19H18ClN/c20-16-7-3-5-14(11-16)15-6-4-10-19(12-15)13-21-18-9-2-1-8-17(18)19/h1-3,5,7-9,11,13,15H,4,6,10,12H2. The highest BCUT2D eigenvalue weighted by atomic mass is 35.5. The minimum absolute atomic E-state index is 0.141. The molecule has 1 fully saturated rings. The van der Waals surface area contributed by atoms with Crippen LogP contribution in [0.2, 0.25) is 5.02 Å². The third-order valence-corrected chi connectivity index (χ3v) is 5.23. The maximum absolute atomic E-state index is 6.17. The largest absolute Gasteiger partial charge is 0.260 e. The second-order valence-electron chi connectivity index (χ2n) is 6.28. The predicted molar refractivity (Wildman–Crippen MR) is 88.9 cm³/mol. The summed E-state index contributed by atoms with van der Waals surface area (Å²) in [5.41, 5.74) is 4.09. The van der Waals surface area contributed by atoms with Crippen LogP contribution in [0.15, 0.2) is 53.5 Å². The van der Waals surface area contributed by atoms with Crippen molar-refractivity contribution < 1.29 is 0 Å². The molecule has 2 aliphatic rings. The van der Waals surface area contributed by atoms with Gasteiger partial charge in [0.25, 0.3) is 0 Å². The van der Waals surface area contributed by atoms with Crippen LogP contribution in [0.1, 0.15) is 42.7 Å². The van der Waals surface area contributed by atoms with Crippen molar-refractivity contribution in [1.82, 2.24) is 0 Å². The predicted octanol–water partition coefficient (Wildman–Crippen LogP) is 5.65. The van der Waals surface area contributed by atoms with Gasteiger partial charge in [0, 0.05) is 16.7 Å². The van der Waals surface area contributed by atoms with Crippen LogP contribution in [0, 0.1) is 0 Å². The molecule has 106 valence electrons. The quantitative estimate of drug-likeness (QED) is 0.644. The molecule has 2 heteroatoms. The topological polar surface area (TPSA) is 12.4 Å². The lowest BCUT2D eigenvalue weighted by molar-refractivity contribution is 0.349. The van der Waals surface area contributed by atoms with Gasteiger partial charge in [0.2, 0.25) is 0 Å². The minimum atomic E-state index is 0.141. The lowest BCUT2D eigenvalue weighted by Crippen LogP contribution is -2.31. The molecule has 2 aromatic rings. The normalized spacial score (nSPS) is 27.0. The molecule has 0 saturated heterocycles. The molecule has 0 bridgehead atoms. The van der Waals surface area contributed by atoms with Crippen molar-refractivity contribution in [2.45, 2.75) is 37.0 Å². The van der Waals surface area contributed by atoms with E-state index in [0.29, 0.717) is 5.92 Å². The fraction of sp³-hybridized carbons (Fsp3) is 0.316. The summed E-state index contributed by atoms with van der Waals surface area (Å²) < 4.78 is 0. The lowest BCUT2D eigenvalue weighted by Gasteiger charge is -2.37. The van der Waals surface area contributed by atoms with Crippen molar-refractivity contribution in [3.8, 4) is 0 Å². The van der Waals surface area contributed by atoms with E-state index in [9.17, 15) is 0 Å². The summed E-state index contributed by atoms with van der Waals surface area (Å²) in [6, 6.07) is 17.0. The molecule has 4 rings (SSSR count). The SMILES string of the molecule is Clc1cccc(C2CCCC3(C=Nc4ccccc43)C2)c1. The monoisotopic (exact) mass is 295 g/mol. The molecule has 0 amide bonds. The molecule has 2 atom stereocenters. The molecule has 1 nitrogen and oxygen atoms in total. The maximum Gasteiger partial charge on any atom is 0.0667 e. The number of rotatable bonds is 1. The fourth-order valence-corrected chi connectivity index (χ4v) is 4.18. The van der Waals surface area contributed by atoms with Gasteiger partial charge in [-0.1, -0.05) is 48.4 Å². The van der Waals surface area contributed by atoms with Gasteiger partial charge >= 0.3 is 0 Å². The summed E-state index contributed by atoms with van der Waals surface area (Å²) in [5.74, 6) is 0.579. The zero-order valence-electron chi connectivity index (χ0n) is 11.9. The van der Waals surface area contributed by atoms with Gasteiger partial charge in [0.1, 0.15) is 0 Å². The first-order valence-electron chi connectivity index (χ1n) is 7.67. The maximum atomic E-state index is 6.17. The van der Waals surface area contributed by atoms with E-state index in [1.807, 2.05) is 6.07 Å². The van der Waals surface area contributed by atoms with E-state index in [4.69, 9.17) is 11.6 Å². The summed E-state index contributed by atoms with van der Waals surface area (Å²) in [6.07, 6.45) is 7.06. The van der Waals surface area contributed by atoms with Crippen LogP contribution >= 0.6 is 11.6 Å². The van der Waals surface area contributed by atoms with Crippen LogP contribution in [-0.2, 0) is 5.41 Å². The molecule has 2 unspecified atom stereocenters. The fourth-order valence-electron chi connectivity index (χ4n) is 3.98. The van der Waals surface area contributed by atoms with Gasteiger partial charge in [-0.15, -0.1) is 0 Å². The summed E-state index contributed by atoms with van der Waals surface area (Å²) in [7, 11) is 0. The highest BCUT2D eigenvalue weighted by Crippen LogP contribution is 2.50. The van der Waals surface area contributed by atoms with E-state index >= 15 is 0 Å². The van der Waals surface area contributed by atoms with Gasteiger partial charge in [-0.2, -0.15) is 0 Å². The van der Waals surface area contributed by atoms with E-state index in [1.165, 1.54) is 30.4 Å². The minimum Gasteiger partial charge on any atom is -0.260 e. The van der Waals surface area contributed by atoms with E-state index < -0.39 is 0 Å². The van der Waals surface area contributed by atoms with Crippen LogP contribution in [0.5, 0.6) is 0 Å². The van der Waals surface area contributed by atoms with Crippen LogP contribution in [0.3, 0.4) is 0 Å². The van der Waals surface area contributed by atoms with E-state index in [-0.39, 0.29) is 5.41 Å². The average molecular weight is 296 g/mol. The van der Waals surface area contributed by atoms with E-state index in [1.54, 1.807) is 0 Å². The summed E-state index contributed by atoms with van der Waals surface area (Å²) in [6.45, 7) is 0. The third kappa shape index (κ3) is 2.20. The molecule has 1 spiro atoms. The Kier molecular flexibility index (Phi) is 3.11. The van der Waals surface area contributed by atoms with E-state index in [0.717, 1.165) is 17.1 Å². The highest BCUT2D eigenvalue weighted by molar-refractivity contribution is 6.30. The van der Waals surface area contributed by atoms with Crippen LogP contribution < -0.4 is 0 Å². The molecule has 1 saturated carbocycles. The van der Waals surface area contributed by atoms with Gasteiger partial charge in [0.15, 0.2) is 0 Å². The molecule has 1 aliphatic carbocycles. The number of hydrogen-bond acceptors (Lipinski definition) is 1. The molecule has 0 N–H and O–H groups in total. The number of aliphatic imine (C=N–C) groups is 1. The number of para-hydroxylation sites is 1. The number of halogens is 1. The van der Waals surface area contributed by atoms with Gasteiger partial charge in [-0.25, -0.2) is 0 Å². The summed E-state index contributed by atoms with van der Waals surface area (Å²) in [5, 5.41) is 0.840. The van der Waals surface area contributed by atoms with Crippen LogP contribution in [-0.4, -0.2) is 6.21 Å². The van der Waals surface area contributed by atoms with Crippen molar-refractivity contribution in [3.63, 3.8) is 0 Å². The molecular formula is C19H18ClN. The Morgan fingerprint density at radius 1 is 1.10 bits per heavy atom. The van der Waals surface area contributed by atoms with Crippen molar-refractivity contribution in [2.24, 2.45) is 4.99 Å². The Morgan fingerprint density at radius 2 is 2.00 bits per heavy atom. The number of benzene rings is 2. The second kappa shape index (κ2) is 4.99. The molecule has 0 radical (unpaired) electrons. The first-order valence-corrected chi connectivity index (χ1v) is 8.05. The number of hydrogen-bond donors (Lipinski definition) is 0. The Morgan fingerprint density at radius 3 is 2.90 bits per heavy atom. The summed E-state index contributed by atoms with van der Waals surface area (Å²) >= 11 is 6.17. The van der Waals surface area contributed by atoms with Crippen molar-refractivity contribution in [3.05, 3.63) is 64.7 Å². The van der Waals surface area contributed by atoms with Gasteiger partial charge in [-0.3, -0.25) is 4.99 Å². The zero-order chi connectivity index (χ0) is 14.3. The second-order valence-corrected chi connectivity index (χ2v) is 6.72. The number of fused-ring (bicyclic) bond motifs is 2. The number of nitrogens with zero attached hydrogens (tertiary/aromatic N) is 1. The van der Waals surface area contributed by atoms with Gasteiger partial charge in [0.05, 0.1) is 5.69 Å². The Balaban J connectivity index is 1.69. The zero-order valence-corrected chi connectivity index (χ0v) is 12.7. The Hall–Kier alpha value is -1.60. The molecular weight excluding hydrogens is 278 g/mol. The molecule has 21 heavy (non-hydrogen) atoms. The summed E-state index contributed by atoms with van der Waals surface area (Å²) in [4.78, 5) is 4.67. The Labute approximate surface area is 130 Å². The van der Waals surface area contributed by atoms with E-state index in [2.05, 4.69) is 53.7 Å². The smallest absolute Gasteiger partial charge is 0.0667 e. The molecule has 0 aromatic heterocycles. The van der Waals surface area contributed by atoms with Gasteiger partial charge in [-0.05, 0) is 54.5 Å². The highest BCUT2D eigenvalue weighted by Gasteiger charge is 2.40. The first kappa shape index (κ1) is 13.1. The average Bonchev–Trinajstić information content (AvgIpc) is 2.86. The first-order chi connectivity index (χ1) is 10.3. The Bertz CT molecular complexity index is 706. The van der Waals surface area contributed by atoms with Crippen molar-refractivity contribution >= 4 is 23.5 Å². The molecule has 2 aromatic carbocycles. The molecule has 1 heterocycles. The lowest BCUT2D eigenvalue weighted by atomic mass is 9.66. The van der Waals surface area contributed by atoms with Crippen LogP contribution in [0.25, 0.3) is 0 Å². The van der Waals surface area contributed by atoms with Gasteiger partial charge < -0.3 is 0 Å². The van der Waals surface area contributed by atoms with Crippen molar-refractivity contribution in [2.75, 3.05) is 0 Å². The van der Waals surface area contributed by atoms with Crippen LogP contribution in [0.4, 0.5) is 5.69 Å². The molecule has 1 aliphatic heterocycles. The third-order valence-electron chi connectivity index (χ3n) is 5.00.